The minimum absolute atomic E-state index is 0.0194. The third kappa shape index (κ3) is 4.11. The number of aryl methyl sites for hydroxylation is 1. The van der Waals surface area contributed by atoms with Gasteiger partial charge in [-0.3, -0.25) is 19.5 Å². The first-order chi connectivity index (χ1) is 13.9. The molecule has 6 heteroatoms. The van der Waals surface area contributed by atoms with Gasteiger partial charge in [0.1, 0.15) is 12.3 Å². The van der Waals surface area contributed by atoms with Crippen LogP contribution in [0.1, 0.15) is 37.8 Å². The molecule has 0 N–H and O–H groups in total. The Morgan fingerprint density at radius 1 is 1.24 bits per heavy atom. The highest BCUT2D eigenvalue weighted by Crippen LogP contribution is 2.37. The van der Waals surface area contributed by atoms with Crippen molar-refractivity contribution in [2.24, 2.45) is 5.92 Å². The summed E-state index contributed by atoms with van der Waals surface area (Å²) >= 11 is 0. The van der Waals surface area contributed by atoms with Crippen LogP contribution in [0.25, 0.3) is 0 Å². The van der Waals surface area contributed by atoms with E-state index in [0.717, 1.165) is 24.0 Å². The molecule has 1 aliphatic heterocycles. The molecule has 0 saturated heterocycles. The maximum Gasteiger partial charge on any atom is 0.268 e. The number of carbonyl (C=O) groups excluding carboxylic acids is 2. The zero-order chi connectivity index (χ0) is 20.5. The van der Waals surface area contributed by atoms with Crippen LogP contribution in [-0.2, 0) is 16.1 Å². The summed E-state index contributed by atoms with van der Waals surface area (Å²) in [4.78, 5) is 34.0. The van der Waals surface area contributed by atoms with Gasteiger partial charge in [0.15, 0.2) is 6.10 Å². The van der Waals surface area contributed by atoms with Gasteiger partial charge in [-0.05, 0) is 61.1 Å². The van der Waals surface area contributed by atoms with Crippen LogP contribution in [0.5, 0.6) is 5.75 Å². The highest BCUT2D eigenvalue weighted by atomic mass is 16.5. The molecule has 1 aliphatic carbocycles. The third-order valence-electron chi connectivity index (χ3n) is 5.48. The second kappa shape index (κ2) is 7.85. The van der Waals surface area contributed by atoms with Gasteiger partial charge in [0.05, 0.1) is 5.69 Å². The number of ether oxygens (including phenoxy) is 1. The van der Waals surface area contributed by atoms with E-state index in [2.05, 4.69) is 4.98 Å². The Bertz CT molecular complexity index is 909. The number of fused-ring (bicyclic) bond motifs is 1. The standard InChI is InChI=1S/C23H27N3O3/c1-15(2)22-23(28)26(19-12-16(3)4-7-20(19)29-22)14-21(27)25(18-5-6-18)13-17-8-10-24-11-9-17/h4,7-12,15,18,22H,5-6,13-14H2,1-3H3. The van der Waals surface area contributed by atoms with Gasteiger partial charge in [-0.25, -0.2) is 0 Å². The average molecular weight is 393 g/mol. The fourth-order valence-electron chi connectivity index (χ4n) is 3.70. The van der Waals surface area contributed by atoms with E-state index < -0.39 is 6.10 Å². The van der Waals surface area contributed by atoms with E-state index in [-0.39, 0.29) is 30.3 Å². The normalized spacial score (nSPS) is 18.4. The van der Waals surface area contributed by atoms with E-state index in [1.54, 1.807) is 17.3 Å². The van der Waals surface area contributed by atoms with Crippen LogP contribution in [0, 0.1) is 12.8 Å². The fourth-order valence-corrected chi connectivity index (χ4v) is 3.70. The zero-order valence-corrected chi connectivity index (χ0v) is 17.2. The number of carbonyl (C=O) groups is 2. The molecule has 1 aromatic heterocycles. The molecule has 0 bridgehead atoms. The second-order valence-electron chi connectivity index (χ2n) is 8.29. The predicted molar refractivity (Wildman–Crippen MR) is 111 cm³/mol. The number of benzene rings is 1. The fraction of sp³-hybridized carbons (Fsp3) is 0.435. The van der Waals surface area contributed by atoms with Gasteiger partial charge in [-0.1, -0.05) is 19.9 Å². The molecular formula is C23H27N3O3. The third-order valence-corrected chi connectivity index (χ3v) is 5.48. The SMILES string of the molecule is Cc1ccc2c(c1)N(CC(=O)N(Cc1ccncc1)C1CC1)C(=O)C(C(C)C)O2. The lowest BCUT2D eigenvalue weighted by Crippen LogP contribution is -2.52. The highest BCUT2D eigenvalue weighted by Gasteiger charge is 2.39. The van der Waals surface area contributed by atoms with Crippen LogP contribution in [-0.4, -0.2) is 40.4 Å². The summed E-state index contributed by atoms with van der Waals surface area (Å²) in [6, 6.07) is 9.88. The van der Waals surface area contributed by atoms with E-state index in [9.17, 15) is 9.59 Å². The van der Waals surface area contributed by atoms with Crippen LogP contribution >= 0.6 is 0 Å². The topological polar surface area (TPSA) is 62.7 Å². The number of hydrogen-bond donors (Lipinski definition) is 0. The van der Waals surface area contributed by atoms with Gasteiger partial charge < -0.3 is 9.64 Å². The minimum Gasteiger partial charge on any atom is -0.478 e. The van der Waals surface area contributed by atoms with Gasteiger partial charge in [-0.2, -0.15) is 0 Å². The molecular weight excluding hydrogens is 366 g/mol. The molecule has 1 fully saturated rings. The lowest BCUT2D eigenvalue weighted by atomic mass is 10.0. The predicted octanol–water partition coefficient (Wildman–Crippen LogP) is 3.33. The first kappa shape index (κ1) is 19.4. The number of hydrogen-bond acceptors (Lipinski definition) is 4. The summed E-state index contributed by atoms with van der Waals surface area (Å²) in [5, 5.41) is 0. The van der Waals surface area contributed by atoms with E-state index >= 15 is 0 Å². The smallest absolute Gasteiger partial charge is 0.268 e. The van der Waals surface area contributed by atoms with E-state index in [1.165, 1.54) is 0 Å². The molecule has 1 unspecified atom stereocenters. The summed E-state index contributed by atoms with van der Waals surface area (Å²) < 4.78 is 5.97. The number of nitrogens with zero attached hydrogens (tertiary/aromatic N) is 3. The molecule has 29 heavy (non-hydrogen) atoms. The Morgan fingerprint density at radius 3 is 2.62 bits per heavy atom. The Kier molecular flexibility index (Phi) is 5.26. The Hall–Kier alpha value is -2.89. The largest absolute Gasteiger partial charge is 0.478 e. The van der Waals surface area contributed by atoms with Crippen LogP contribution in [0.4, 0.5) is 5.69 Å². The molecule has 2 heterocycles. The minimum atomic E-state index is -0.576. The molecule has 1 saturated carbocycles. The second-order valence-corrected chi connectivity index (χ2v) is 8.29. The molecule has 0 spiro atoms. The summed E-state index contributed by atoms with van der Waals surface area (Å²) in [7, 11) is 0. The number of pyridine rings is 1. The van der Waals surface area contributed by atoms with Gasteiger partial charge in [0, 0.05) is 25.0 Å². The summed E-state index contributed by atoms with van der Waals surface area (Å²) in [5.74, 6) is 0.500. The highest BCUT2D eigenvalue weighted by molar-refractivity contribution is 6.04. The maximum atomic E-state index is 13.3. The van der Waals surface area contributed by atoms with Gasteiger partial charge >= 0.3 is 0 Å². The summed E-state index contributed by atoms with van der Waals surface area (Å²) in [6.45, 7) is 6.46. The molecule has 6 nitrogen and oxygen atoms in total. The molecule has 1 atom stereocenters. The molecule has 0 radical (unpaired) electrons. The van der Waals surface area contributed by atoms with Crippen molar-refractivity contribution in [1.82, 2.24) is 9.88 Å². The maximum absolute atomic E-state index is 13.3. The van der Waals surface area contributed by atoms with Gasteiger partial charge in [0.2, 0.25) is 5.91 Å². The monoisotopic (exact) mass is 393 g/mol. The summed E-state index contributed by atoms with van der Waals surface area (Å²) in [5.41, 5.74) is 2.75. The Balaban J connectivity index is 1.60. The van der Waals surface area contributed by atoms with Crippen molar-refractivity contribution in [3.05, 3.63) is 53.9 Å². The molecule has 152 valence electrons. The van der Waals surface area contributed by atoms with Crippen molar-refractivity contribution in [3.8, 4) is 5.75 Å². The van der Waals surface area contributed by atoms with Gasteiger partial charge in [-0.15, -0.1) is 0 Å². The summed E-state index contributed by atoms with van der Waals surface area (Å²) in [6.07, 6.45) is 4.93. The number of rotatable bonds is 6. The number of amides is 2. The van der Waals surface area contributed by atoms with Crippen molar-refractivity contribution in [3.63, 3.8) is 0 Å². The lowest BCUT2D eigenvalue weighted by molar-refractivity contribution is -0.135. The molecule has 2 aromatic rings. The first-order valence-electron chi connectivity index (χ1n) is 10.2. The molecule has 4 rings (SSSR count). The first-order valence-corrected chi connectivity index (χ1v) is 10.2. The molecule has 2 aliphatic rings. The van der Waals surface area contributed by atoms with Crippen LogP contribution in [0.3, 0.4) is 0 Å². The van der Waals surface area contributed by atoms with Crippen LogP contribution in [0.2, 0.25) is 0 Å². The quantitative estimate of drug-likeness (QED) is 0.755. The van der Waals surface area contributed by atoms with E-state index in [0.29, 0.717) is 18.0 Å². The van der Waals surface area contributed by atoms with Crippen LogP contribution < -0.4 is 9.64 Å². The van der Waals surface area contributed by atoms with Crippen molar-refractivity contribution in [2.45, 2.75) is 52.3 Å². The van der Waals surface area contributed by atoms with Crippen molar-refractivity contribution >= 4 is 17.5 Å². The van der Waals surface area contributed by atoms with Crippen molar-refractivity contribution in [1.29, 1.82) is 0 Å². The van der Waals surface area contributed by atoms with E-state index in [4.69, 9.17) is 4.74 Å². The van der Waals surface area contributed by atoms with Gasteiger partial charge in [0.25, 0.3) is 5.91 Å². The van der Waals surface area contributed by atoms with Crippen LogP contribution in [0.15, 0.2) is 42.7 Å². The lowest BCUT2D eigenvalue weighted by Gasteiger charge is -2.37. The van der Waals surface area contributed by atoms with Crippen molar-refractivity contribution < 1.29 is 14.3 Å². The Labute approximate surface area is 171 Å². The number of aromatic nitrogens is 1. The Morgan fingerprint density at radius 2 is 1.97 bits per heavy atom. The van der Waals surface area contributed by atoms with E-state index in [1.807, 2.05) is 56.0 Å². The zero-order valence-electron chi connectivity index (χ0n) is 17.2. The van der Waals surface area contributed by atoms with Crippen molar-refractivity contribution in [2.75, 3.05) is 11.4 Å². The molecule has 1 aromatic carbocycles. The molecule has 2 amide bonds. The average Bonchev–Trinajstić information content (AvgIpc) is 3.54. The number of anilines is 1.